The lowest BCUT2D eigenvalue weighted by atomic mass is 10.1. The van der Waals surface area contributed by atoms with Crippen LogP contribution in [0.5, 0.6) is 0 Å². The van der Waals surface area contributed by atoms with Crippen molar-refractivity contribution >= 4 is 22.5 Å². The van der Waals surface area contributed by atoms with E-state index in [0.29, 0.717) is 16.6 Å². The second-order valence-electron chi connectivity index (χ2n) is 5.04. The first-order valence-electron chi connectivity index (χ1n) is 5.84. The van der Waals surface area contributed by atoms with Gasteiger partial charge in [0.05, 0.1) is 0 Å². The van der Waals surface area contributed by atoms with Crippen molar-refractivity contribution in [1.29, 1.82) is 0 Å². The number of urea groups is 1. The van der Waals surface area contributed by atoms with Gasteiger partial charge in [-0.3, -0.25) is 5.32 Å². The van der Waals surface area contributed by atoms with Gasteiger partial charge in [-0.15, -0.1) is 11.3 Å². The highest BCUT2D eigenvalue weighted by Gasteiger charge is 2.57. The Labute approximate surface area is 104 Å². The molecule has 0 bridgehead atoms. The van der Waals surface area contributed by atoms with Crippen LogP contribution < -0.4 is 10.6 Å². The fourth-order valence-corrected chi connectivity index (χ4v) is 3.21. The number of carbonyl (C=O) groups is 1. The summed E-state index contributed by atoms with van der Waals surface area (Å²) in [5.74, 6) is 0. The summed E-state index contributed by atoms with van der Waals surface area (Å²) in [6.45, 7) is 2.25. The molecule has 0 aromatic carbocycles. The van der Waals surface area contributed by atoms with Gasteiger partial charge in [0.15, 0.2) is 5.13 Å². The first-order valence-corrected chi connectivity index (χ1v) is 6.71. The maximum atomic E-state index is 11.7. The lowest BCUT2D eigenvalue weighted by Crippen LogP contribution is -2.34. The second kappa shape index (κ2) is 3.96. The van der Waals surface area contributed by atoms with E-state index in [2.05, 4.69) is 27.6 Å². The molecule has 3 rings (SSSR count). The third-order valence-corrected chi connectivity index (χ3v) is 4.41. The molecule has 2 unspecified atom stereocenters. The minimum Gasteiger partial charge on any atom is -0.334 e. The van der Waals surface area contributed by atoms with E-state index in [9.17, 15) is 4.79 Å². The summed E-state index contributed by atoms with van der Waals surface area (Å²) in [5.41, 5.74) is 0.356. The van der Waals surface area contributed by atoms with Gasteiger partial charge in [0.2, 0.25) is 0 Å². The van der Waals surface area contributed by atoms with E-state index >= 15 is 0 Å². The Bertz CT molecular complexity index is 421. The van der Waals surface area contributed by atoms with Crippen LogP contribution >= 0.6 is 11.3 Å². The summed E-state index contributed by atoms with van der Waals surface area (Å²) < 4.78 is 0. The number of aromatic nitrogens is 1. The van der Waals surface area contributed by atoms with Crippen LogP contribution in [0, 0.1) is 5.41 Å². The molecule has 2 fully saturated rings. The lowest BCUT2D eigenvalue weighted by Gasteiger charge is -2.11. The van der Waals surface area contributed by atoms with Crippen molar-refractivity contribution in [3.63, 3.8) is 0 Å². The number of thiazole rings is 1. The molecule has 2 atom stereocenters. The molecule has 2 N–H and O–H groups in total. The molecule has 1 saturated carbocycles. The number of hydrogen-bond acceptors (Lipinski definition) is 4. The van der Waals surface area contributed by atoms with Gasteiger partial charge in [0.1, 0.15) is 0 Å². The molecule has 17 heavy (non-hydrogen) atoms. The third kappa shape index (κ3) is 2.14. The monoisotopic (exact) mass is 252 g/mol. The molecule has 0 radical (unpaired) electrons. The molecule has 2 heterocycles. The van der Waals surface area contributed by atoms with Crippen LogP contribution in [0.1, 0.15) is 12.8 Å². The van der Waals surface area contributed by atoms with E-state index in [0.717, 1.165) is 19.5 Å². The highest BCUT2D eigenvalue weighted by atomic mass is 32.1. The molecule has 1 aromatic rings. The molecule has 1 aliphatic heterocycles. The van der Waals surface area contributed by atoms with Crippen LogP contribution in [0.15, 0.2) is 11.6 Å². The van der Waals surface area contributed by atoms with E-state index in [4.69, 9.17) is 0 Å². The van der Waals surface area contributed by atoms with Crippen LogP contribution in [-0.4, -0.2) is 42.1 Å². The Morgan fingerprint density at radius 2 is 2.59 bits per heavy atom. The Morgan fingerprint density at radius 3 is 3.24 bits per heavy atom. The summed E-state index contributed by atoms with van der Waals surface area (Å²) >= 11 is 1.43. The molecule has 2 amide bonds. The fraction of sp³-hybridized carbons (Fsp3) is 0.636. The minimum atomic E-state index is -0.128. The van der Waals surface area contributed by atoms with Gasteiger partial charge >= 0.3 is 6.03 Å². The average Bonchev–Trinajstić information content (AvgIpc) is 2.70. The molecular weight excluding hydrogens is 236 g/mol. The van der Waals surface area contributed by atoms with Crippen LogP contribution in [0.3, 0.4) is 0 Å². The number of hydrogen-bond donors (Lipinski definition) is 2. The molecule has 1 aliphatic carbocycles. The van der Waals surface area contributed by atoms with E-state index in [1.165, 1.54) is 17.8 Å². The standard InChI is InChI=1S/C11H16N4OS/c1-15-4-2-11(7-15)6-8(11)13-9(16)14-10-12-3-5-17-10/h3,5,8H,2,4,6-7H2,1H3,(H2,12,13,14,16). The average molecular weight is 252 g/mol. The fourth-order valence-electron chi connectivity index (χ4n) is 2.69. The molecule has 5 nitrogen and oxygen atoms in total. The third-order valence-electron chi connectivity index (χ3n) is 3.72. The minimum absolute atomic E-state index is 0.128. The van der Waals surface area contributed by atoms with Crippen molar-refractivity contribution in [2.24, 2.45) is 5.41 Å². The van der Waals surface area contributed by atoms with Crippen LogP contribution in [-0.2, 0) is 0 Å². The normalized spacial score (nSPS) is 31.7. The summed E-state index contributed by atoms with van der Waals surface area (Å²) in [7, 11) is 2.14. The molecular formula is C11H16N4OS. The molecule has 92 valence electrons. The van der Waals surface area contributed by atoms with Gasteiger partial charge < -0.3 is 10.2 Å². The predicted octanol–water partition coefficient (Wildman–Crippen LogP) is 1.36. The van der Waals surface area contributed by atoms with E-state index in [-0.39, 0.29) is 6.03 Å². The lowest BCUT2D eigenvalue weighted by molar-refractivity contribution is 0.250. The first kappa shape index (κ1) is 11.0. The highest BCUT2D eigenvalue weighted by molar-refractivity contribution is 7.13. The van der Waals surface area contributed by atoms with E-state index in [1.807, 2.05) is 5.38 Å². The number of nitrogens with one attached hydrogen (secondary N) is 2. The Kier molecular flexibility index (Phi) is 2.56. The first-order chi connectivity index (χ1) is 8.18. The van der Waals surface area contributed by atoms with Crippen molar-refractivity contribution in [1.82, 2.24) is 15.2 Å². The number of anilines is 1. The SMILES string of the molecule is CN1CCC2(CC2NC(=O)Nc2nccs2)C1. The van der Waals surface area contributed by atoms with Crippen LogP contribution in [0.25, 0.3) is 0 Å². The number of carbonyl (C=O) groups excluding carboxylic acids is 1. The van der Waals surface area contributed by atoms with Gasteiger partial charge in [-0.05, 0) is 26.4 Å². The molecule has 6 heteroatoms. The van der Waals surface area contributed by atoms with Gasteiger partial charge in [-0.25, -0.2) is 9.78 Å². The van der Waals surface area contributed by atoms with Crippen molar-refractivity contribution in [3.05, 3.63) is 11.6 Å². The number of rotatable bonds is 2. The zero-order valence-corrected chi connectivity index (χ0v) is 10.6. The second-order valence-corrected chi connectivity index (χ2v) is 5.94. The summed E-state index contributed by atoms with van der Waals surface area (Å²) in [6.07, 6.45) is 4.00. The zero-order chi connectivity index (χ0) is 11.9. The molecule has 2 aliphatic rings. The van der Waals surface area contributed by atoms with Crippen molar-refractivity contribution in [3.8, 4) is 0 Å². The van der Waals surface area contributed by atoms with Gasteiger partial charge in [-0.1, -0.05) is 0 Å². The number of likely N-dealkylation sites (tertiary alicyclic amines) is 1. The van der Waals surface area contributed by atoms with Crippen molar-refractivity contribution in [2.45, 2.75) is 18.9 Å². The number of nitrogens with zero attached hydrogens (tertiary/aromatic N) is 2. The number of amides is 2. The Hall–Kier alpha value is -1.14. The summed E-state index contributed by atoms with van der Waals surface area (Å²) in [4.78, 5) is 18.1. The summed E-state index contributed by atoms with van der Waals surface area (Å²) in [5, 5.41) is 8.29. The van der Waals surface area contributed by atoms with Gasteiger partial charge in [0, 0.05) is 29.6 Å². The van der Waals surface area contributed by atoms with Gasteiger partial charge in [0.25, 0.3) is 0 Å². The van der Waals surface area contributed by atoms with Crippen LogP contribution in [0.4, 0.5) is 9.93 Å². The highest BCUT2D eigenvalue weighted by Crippen LogP contribution is 2.52. The van der Waals surface area contributed by atoms with E-state index in [1.54, 1.807) is 6.20 Å². The maximum Gasteiger partial charge on any atom is 0.321 e. The Morgan fingerprint density at radius 1 is 1.71 bits per heavy atom. The topological polar surface area (TPSA) is 57.3 Å². The molecule has 1 aromatic heterocycles. The summed E-state index contributed by atoms with van der Waals surface area (Å²) in [6, 6.07) is 0.212. The molecule has 1 spiro atoms. The largest absolute Gasteiger partial charge is 0.334 e. The molecule has 1 saturated heterocycles. The Balaban J connectivity index is 1.51. The van der Waals surface area contributed by atoms with E-state index < -0.39 is 0 Å². The predicted molar refractivity (Wildman–Crippen MR) is 67.2 cm³/mol. The van der Waals surface area contributed by atoms with Gasteiger partial charge in [-0.2, -0.15) is 0 Å². The van der Waals surface area contributed by atoms with Crippen molar-refractivity contribution < 1.29 is 4.79 Å². The maximum absolute atomic E-state index is 11.7. The van der Waals surface area contributed by atoms with Crippen LogP contribution in [0.2, 0.25) is 0 Å². The zero-order valence-electron chi connectivity index (χ0n) is 9.77. The smallest absolute Gasteiger partial charge is 0.321 e. The van der Waals surface area contributed by atoms with Crippen molar-refractivity contribution in [2.75, 3.05) is 25.5 Å². The quantitative estimate of drug-likeness (QED) is 0.835.